The Morgan fingerprint density at radius 2 is 0.896 bits per heavy atom. The van der Waals surface area contributed by atoms with Gasteiger partial charge in [-0.2, -0.15) is 0 Å². The number of unbranched alkanes of at least 4 members (excludes halogenated alkanes) is 14. The van der Waals surface area contributed by atoms with Crippen LogP contribution in [0.2, 0.25) is 0 Å². The van der Waals surface area contributed by atoms with Crippen LogP contribution < -0.4 is 38.5 Å². The van der Waals surface area contributed by atoms with Gasteiger partial charge in [-0.25, -0.2) is 0 Å². The van der Waals surface area contributed by atoms with E-state index in [9.17, 15) is 24.0 Å². The summed E-state index contributed by atoms with van der Waals surface area (Å²) in [6.45, 7) is 4.38. The van der Waals surface area contributed by atoms with E-state index in [2.05, 4.69) is 28.2 Å². The van der Waals surface area contributed by atoms with Crippen molar-refractivity contribution >= 4 is 29.5 Å². The maximum absolute atomic E-state index is 12.8. The Labute approximate surface area is 291 Å². The first-order valence-electron chi connectivity index (χ1n) is 19.1. The molecule has 280 valence electrons. The van der Waals surface area contributed by atoms with Crippen LogP contribution in [0.5, 0.6) is 0 Å². The zero-order valence-corrected chi connectivity index (χ0v) is 30.2. The average molecular weight is 682 g/mol. The molecule has 0 aliphatic rings. The van der Waals surface area contributed by atoms with Crippen molar-refractivity contribution in [2.45, 2.75) is 173 Å². The minimum absolute atomic E-state index is 0.00629. The fraction of sp³-hybridized carbons (Fsp3) is 0.861. The first kappa shape index (κ1) is 45.3. The Morgan fingerprint density at radius 1 is 0.479 bits per heavy atom. The fourth-order valence-electron chi connectivity index (χ4n) is 5.49. The van der Waals surface area contributed by atoms with E-state index in [1.165, 1.54) is 38.5 Å². The summed E-state index contributed by atoms with van der Waals surface area (Å²) in [4.78, 5) is 61.2. The SMILES string of the molecule is CCCCCCCCCCCC(=O)NC(CCCCN)C(=O)NCCCCCC(=O)NCCCCCC(=O)NC(CCCCN)C(N)=O. The number of hydrogen-bond acceptors (Lipinski definition) is 7. The molecular weight excluding hydrogens is 610 g/mol. The highest BCUT2D eigenvalue weighted by atomic mass is 16.2. The van der Waals surface area contributed by atoms with Gasteiger partial charge in [-0.15, -0.1) is 0 Å². The number of carbonyl (C=O) groups is 5. The van der Waals surface area contributed by atoms with Crippen LogP contribution in [-0.2, 0) is 24.0 Å². The minimum atomic E-state index is -0.658. The van der Waals surface area contributed by atoms with Crippen molar-refractivity contribution in [3.63, 3.8) is 0 Å². The summed E-state index contributed by atoms with van der Waals surface area (Å²) >= 11 is 0. The predicted molar refractivity (Wildman–Crippen MR) is 194 cm³/mol. The van der Waals surface area contributed by atoms with Gasteiger partial charge < -0.3 is 38.5 Å². The van der Waals surface area contributed by atoms with Crippen molar-refractivity contribution in [1.29, 1.82) is 0 Å². The van der Waals surface area contributed by atoms with E-state index >= 15 is 0 Å². The van der Waals surface area contributed by atoms with Gasteiger partial charge in [0.1, 0.15) is 12.1 Å². The van der Waals surface area contributed by atoms with Gasteiger partial charge in [-0.1, -0.05) is 71.1 Å². The Balaban J connectivity index is 4.04. The lowest BCUT2D eigenvalue weighted by Gasteiger charge is -2.18. The third-order valence-corrected chi connectivity index (χ3v) is 8.51. The molecule has 0 spiro atoms. The Morgan fingerprint density at radius 3 is 1.40 bits per heavy atom. The monoisotopic (exact) mass is 682 g/mol. The molecule has 0 saturated heterocycles. The van der Waals surface area contributed by atoms with Crippen molar-refractivity contribution < 1.29 is 24.0 Å². The normalized spacial score (nSPS) is 12.2. The van der Waals surface area contributed by atoms with Gasteiger partial charge in [-0.05, 0) is 83.7 Å². The van der Waals surface area contributed by atoms with Crippen molar-refractivity contribution in [2.75, 3.05) is 26.2 Å². The molecule has 0 aromatic carbocycles. The summed E-state index contributed by atoms with van der Waals surface area (Å²) in [5.41, 5.74) is 16.5. The van der Waals surface area contributed by atoms with E-state index < -0.39 is 18.0 Å². The van der Waals surface area contributed by atoms with E-state index in [1.807, 2.05) is 0 Å². The van der Waals surface area contributed by atoms with E-state index in [-0.39, 0.29) is 23.6 Å². The number of primary amides is 1. The maximum atomic E-state index is 12.8. The quantitative estimate of drug-likeness (QED) is 0.0496. The predicted octanol–water partition coefficient (Wildman–Crippen LogP) is 3.97. The van der Waals surface area contributed by atoms with Gasteiger partial charge in [0, 0.05) is 32.4 Å². The smallest absolute Gasteiger partial charge is 0.242 e. The highest BCUT2D eigenvalue weighted by Gasteiger charge is 2.20. The highest BCUT2D eigenvalue weighted by Crippen LogP contribution is 2.11. The topological polar surface area (TPSA) is 212 Å². The van der Waals surface area contributed by atoms with Crippen molar-refractivity contribution in [1.82, 2.24) is 21.3 Å². The number of nitrogens with two attached hydrogens (primary N) is 3. The van der Waals surface area contributed by atoms with Gasteiger partial charge in [-0.3, -0.25) is 24.0 Å². The molecule has 0 aromatic heterocycles. The lowest BCUT2D eigenvalue weighted by molar-refractivity contribution is -0.129. The minimum Gasteiger partial charge on any atom is -0.368 e. The Bertz CT molecular complexity index is 859. The number of amides is 5. The molecule has 12 nitrogen and oxygen atoms in total. The largest absolute Gasteiger partial charge is 0.368 e. The Kier molecular flexibility index (Phi) is 30.9. The molecule has 0 heterocycles. The van der Waals surface area contributed by atoms with Crippen molar-refractivity contribution in [3.05, 3.63) is 0 Å². The van der Waals surface area contributed by atoms with Crippen molar-refractivity contribution in [2.24, 2.45) is 17.2 Å². The molecule has 0 aromatic rings. The van der Waals surface area contributed by atoms with Crippen LogP contribution >= 0.6 is 0 Å². The average Bonchev–Trinajstić information content (AvgIpc) is 3.06. The number of hydrogen-bond donors (Lipinski definition) is 7. The molecule has 0 fully saturated rings. The zero-order valence-electron chi connectivity index (χ0n) is 30.2. The standard InChI is InChI=1S/C36H71N7O5/c1-2-3-4-5-6-7-8-9-12-24-34(46)43-31(22-16-18-27-38)36(48)41-29-20-10-13-23-32(44)40-28-19-11-14-25-33(45)42-30(35(39)47)21-15-17-26-37/h30-31H,2-29,37-38H2,1H3,(H2,39,47)(H,40,44)(H,41,48)(H,42,45)(H,43,46). The molecule has 0 rings (SSSR count). The fourth-order valence-corrected chi connectivity index (χ4v) is 5.49. The molecule has 10 N–H and O–H groups in total. The summed E-state index contributed by atoms with van der Waals surface area (Å²) < 4.78 is 0. The molecule has 0 bridgehead atoms. The molecule has 48 heavy (non-hydrogen) atoms. The van der Waals surface area contributed by atoms with Crippen LogP contribution in [0.1, 0.15) is 161 Å². The maximum Gasteiger partial charge on any atom is 0.242 e. The van der Waals surface area contributed by atoms with Crippen LogP contribution in [0.3, 0.4) is 0 Å². The second kappa shape index (κ2) is 32.8. The molecule has 0 saturated carbocycles. The van der Waals surface area contributed by atoms with Gasteiger partial charge >= 0.3 is 0 Å². The van der Waals surface area contributed by atoms with Gasteiger partial charge in [0.25, 0.3) is 0 Å². The summed E-state index contributed by atoms with van der Waals surface area (Å²) in [6.07, 6.45) is 20.6. The van der Waals surface area contributed by atoms with Crippen molar-refractivity contribution in [3.8, 4) is 0 Å². The second-order valence-corrected chi connectivity index (χ2v) is 13.1. The lowest BCUT2D eigenvalue weighted by atomic mass is 10.1. The molecular formula is C36H71N7O5. The Hall–Kier alpha value is -2.73. The lowest BCUT2D eigenvalue weighted by Crippen LogP contribution is -2.47. The molecule has 0 aliphatic heterocycles. The third kappa shape index (κ3) is 28.3. The van der Waals surface area contributed by atoms with Gasteiger partial charge in [0.2, 0.25) is 29.5 Å². The molecule has 5 amide bonds. The van der Waals surface area contributed by atoms with Crippen LogP contribution in [0.4, 0.5) is 0 Å². The summed E-state index contributed by atoms with van der Waals surface area (Å²) in [6, 6.07) is -1.20. The highest BCUT2D eigenvalue weighted by molar-refractivity contribution is 5.87. The van der Waals surface area contributed by atoms with E-state index in [4.69, 9.17) is 17.2 Å². The molecule has 2 atom stereocenters. The molecule has 12 heteroatoms. The third-order valence-electron chi connectivity index (χ3n) is 8.51. The summed E-state index contributed by atoms with van der Waals surface area (Å²) in [5, 5.41) is 11.5. The molecule has 0 aliphatic carbocycles. The van der Waals surface area contributed by atoms with Gasteiger partial charge in [0.05, 0.1) is 0 Å². The summed E-state index contributed by atoms with van der Waals surface area (Å²) in [7, 11) is 0. The zero-order chi connectivity index (χ0) is 35.7. The van der Waals surface area contributed by atoms with Gasteiger partial charge in [0.15, 0.2) is 0 Å². The number of carbonyl (C=O) groups excluding carboxylic acids is 5. The number of rotatable bonds is 34. The molecule has 2 unspecified atom stereocenters. The van der Waals surface area contributed by atoms with Crippen LogP contribution in [0.25, 0.3) is 0 Å². The first-order valence-corrected chi connectivity index (χ1v) is 19.1. The van der Waals surface area contributed by atoms with Crippen LogP contribution in [-0.4, -0.2) is 67.8 Å². The van der Waals surface area contributed by atoms with E-state index in [1.54, 1.807) is 0 Å². The van der Waals surface area contributed by atoms with E-state index in [0.717, 1.165) is 77.0 Å². The second-order valence-electron chi connectivity index (χ2n) is 13.1. The first-order chi connectivity index (χ1) is 23.2. The van der Waals surface area contributed by atoms with E-state index in [0.29, 0.717) is 64.7 Å². The number of nitrogens with one attached hydrogen (secondary N) is 4. The summed E-state index contributed by atoms with van der Waals surface area (Å²) in [5.74, 6) is -0.949. The van der Waals surface area contributed by atoms with Crippen LogP contribution in [0.15, 0.2) is 0 Å². The molecule has 0 radical (unpaired) electrons. The van der Waals surface area contributed by atoms with Crippen LogP contribution in [0, 0.1) is 0 Å².